The van der Waals surface area contributed by atoms with Crippen molar-refractivity contribution in [2.45, 2.75) is 19.8 Å². The van der Waals surface area contributed by atoms with Gasteiger partial charge in [-0.1, -0.05) is 11.6 Å². The first-order valence-electron chi connectivity index (χ1n) is 8.67. The van der Waals surface area contributed by atoms with E-state index in [0.717, 1.165) is 12.0 Å². The van der Waals surface area contributed by atoms with Gasteiger partial charge in [0.2, 0.25) is 11.8 Å². The van der Waals surface area contributed by atoms with Gasteiger partial charge in [0.25, 0.3) is 0 Å². The highest BCUT2D eigenvalue weighted by molar-refractivity contribution is 6.32. The Hall–Kier alpha value is -2.60. The van der Waals surface area contributed by atoms with E-state index in [-0.39, 0.29) is 24.8 Å². The lowest BCUT2D eigenvalue weighted by molar-refractivity contribution is -0.129. The second-order valence-corrected chi connectivity index (χ2v) is 6.57. The highest BCUT2D eigenvalue weighted by atomic mass is 35.5. The lowest BCUT2D eigenvalue weighted by Gasteiger charge is -2.23. The van der Waals surface area contributed by atoms with Gasteiger partial charge >= 0.3 is 0 Å². The highest BCUT2D eigenvalue weighted by Gasteiger charge is 2.17. The predicted octanol–water partition coefficient (Wildman–Crippen LogP) is 3.19. The van der Waals surface area contributed by atoms with Crippen molar-refractivity contribution in [3.63, 3.8) is 0 Å². The molecule has 144 valence electrons. The van der Waals surface area contributed by atoms with E-state index in [1.54, 1.807) is 47.4 Å². The molecule has 1 heterocycles. The van der Waals surface area contributed by atoms with Gasteiger partial charge in [0.05, 0.1) is 12.1 Å². The van der Waals surface area contributed by atoms with Gasteiger partial charge in [0.1, 0.15) is 5.75 Å². The predicted molar refractivity (Wildman–Crippen MR) is 106 cm³/mol. The van der Waals surface area contributed by atoms with E-state index in [4.69, 9.17) is 16.3 Å². The van der Waals surface area contributed by atoms with Crippen LogP contribution in [-0.2, 0) is 16.0 Å². The van der Waals surface area contributed by atoms with E-state index in [9.17, 15) is 9.59 Å². The Balaban J connectivity index is 1.93. The number of halogens is 1. The van der Waals surface area contributed by atoms with Crippen molar-refractivity contribution in [3.05, 3.63) is 53.3 Å². The maximum Gasteiger partial charge on any atom is 0.224 e. The number of nitrogens with zero attached hydrogens (tertiary/aromatic N) is 3. The van der Waals surface area contributed by atoms with Crippen LogP contribution in [-0.4, -0.2) is 48.9 Å². The summed E-state index contributed by atoms with van der Waals surface area (Å²) in [5, 5.41) is 0.419. The van der Waals surface area contributed by atoms with E-state index >= 15 is 0 Å². The summed E-state index contributed by atoms with van der Waals surface area (Å²) < 4.78 is 5.13. The number of benzene rings is 1. The molecule has 0 aliphatic heterocycles. The molecule has 2 rings (SSSR count). The molecule has 2 aromatic rings. The Kier molecular flexibility index (Phi) is 7.61. The number of anilines is 1. The van der Waals surface area contributed by atoms with Crippen LogP contribution in [0, 0.1) is 0 Å². The molecular weight excluding hydrogens is 366 g/mol. The summed E-state index contributed by atoms with van der Waals surface area (Å²) in [4.78, 5) is 31.6. The molecule has 0 atom stereocenters. The maximum absolute atomic E-state index is 12.4. The average molecular weight is 390 g/mol. The Bertz CT molecular complexity index is 783. The summed E-state index contributed by atoms with van der Waals surface area (Å²) in [6, 6.07) is 8.99. The third-order valence-electron chi connectivity index (χ3n) is 4.29. The Morgan fingerprint density at radius 3 is 2.44 bits per heavy atom. The molecule has 1 aromatic heterocycles. The molecule has 2 amide bonds. The van der Waals surface area contributed by atoms with Crippen molar-refractivity contribution in [3.8, 4) is 5.75 Å². The van der Waals surface area contributed by atoms with Gasteiger partial charge in [-0.2, -0.15) is 0 Å². The Morgan fingerprint density at radius 1 is 1.15 bits per heavy atom. The van der Waals surface area contributed by atoms with Crippen LogP contribution < -0.4 is 9.64 Å². The smallest absolute Gasteiger partial charge is 0.224 e. The molecular formula is C20H24ClN3O3. The second-order valence-electron chi connectivity index (χ2n) is 6.16. The van der Waals surface area contributed by atoms with Crippen LogP contribution in [0.3, 0.4) is 0 Å². The lowest BCUT2D eigenvalue weighted by Crippen LogP contribution is -2.35. The quantitative estimate of drug-likeness (QED) is 0.695. The molecule has 0 N–H and O–H groups in total. The number of carbonyl (C=O) groups is 2. The van der Waals surface area contributed by atoms with Crippen LogP contribution in [0.5, 0.6) is 5.75 Å². The topological polar surface area (TPSA) is 62.7 Å². The number of hydrogen-bond acceptors (Lipinski definition) is 4. The van der Waals surface area contributed by atoms with Crippen LogP contribution in [0.15, 0.2) is 42.7 Å². The molecule has 0 unspecified atom stereocenters. The minimum atomic E-state index is -0.150. The SMILES string of the molecule is COc1ccc(N(CCC(=O)N(C)CCc2ccncc2)C(C)=O)cc1Cl. The molecule has 0 saturated heterocycles. The Morgan fingerprint density at radius 2 is 1.85 bits per heavy atom. The number of hydrogen-bond donors (Lipinski definition) is 0. The largest absolute Gasteiger partial charge is 0.495 e. The van der Waals surface area contributed by atoms with Gasteiger partial charge in [-0.15, -0.1) is 0 Å². The number of amides is 2. The molecule has 0 radical (unpaired) electrons. The molecule has 1 aromatic carbocycles. The number of aromatic nitrogens is 1. The zero-order valence-electron chi connectivity index (χ0n) is 15.8. The summed E-state index contributed by atoms with van der Waals surface area (Å²) >= 11 is 6.15. The number of rotatable bonds is 8. The van der Waals surface area contributed by atoms with Gasteiger partial charge in [-0.05, 0) is 42.3 Å². The number of methoxy groups -OCH3 is 1. The van der Waals surface area contributed by atoms with E-state index in [1.807, 2.05) is 12.1 Å². The van der Waals surface area contributed by atoms with E-state index in [2.05, 4.69) is 4.98 Å². The fourth-order valence-electron chi connectivity index (χ4n) is 2.66. The minimum absolute atomic E-state index is 0.0186. The molecule has 6 nitrogen and oxygen atoms in total. The van der Waals surface area contributed by atoms with Crippen molar-refractivity contribution < 1.29 is 14.3 Å². The Labute approximate surface area is 164 Å². The molecule has 0 spiro atoms. The molecule has 27 heavy (non-hydrogen) atoms. The summed E-state index contributed by atoms with van der Waals surface area (Å²) in [7, 11) is 3.30. The first-order chi connectivity index (χ1) is 12.9. The maximum atomic E-state index is 12.4. The summed E-state index contributed by atoms with van der Waals surface area (Å²) in [6.45, 7) is 2.36. The van der Waals surface area contributed by atoms with Gasteiger partial charge in [0.15, 0.2) is 0 Å². The summed E-state index contributed by atoms with van der Waals surface area (Å²) in [5.74, 6) is 0.370. The third-order valence-corrected chi connectivity index (χ3v) is 4.58. The first kappa shape index (κ1) is 20.7. The number of ether oxygens (including phenoxy) is 1. The van der Waals surface area contributed by atoms with Gasteiger partial charge < -0.3 is 14.5 Å². The number of carbonyl (C=O) groups excluding carboxylic acids is 2. The van der Waals surface area contributed by atoms with Gasteiger partial charge in [-0.25, -0.2) is 0 Å². The second kappa shape index (κ2) is 9.92. The normalized spacial score (nSPS) is 10.4. The standard InChI is InChI=1S/C20H24ClN3O3/c1-15(25)24(17-4-5-19(27-3)18(21)14-17)13-9-20(26)23(2)12-8-16-6-10-22-11-7-16/h4-7,10-11,14H,8-9,12-13H2,1-3H3. The molecule has 0 fully saturated rings. The zero-order chi connectivity index (χ0) is 19.8. The van der Waals surface area contributed by atoms with E-state index in [1.165, 1.54) is 14.0 Å². The fraction of sp³-hybridized carbons (Fsp3) is 0.350. The summed E-state index contributed by atoms with van der Waals surface area (Å²) in [5.41, 5.74) is 1.77. The van der Waals surface area contributed by atoms with Crippen LogP contribution in [0.2, 0.25) is 5.02 Å². The van der Waals surface area contributed by atoms with Crippen LogP contribution >= 0.6 is 11.6 Å². The molecule has 0 saturated carbocycles. The van der Waals surface area contributed by atoms with Gasteiger partial charge in [0, 0.05) is 51.6 Å². The monoisotopic (exact) mass is 389 g/mol. The van der Waals surface area contributed by atoms with Crippen molar-refractivity contribution in [1.29, 1.82) is 0 Å². The van der Waals surface area contributed by atoms with Crippen molar-refractivity contribution >= 4 is 29.1 Å². The number of pyridine rings is 1. The van der Waals surface area contributed by atoms with Crippen molar-refractivity contribution in [1.82, 2.24) is 9.88 Å². The number of likely N-dealkylation sites (N-methyl/N-ethyl adjacent to an activating group) is 1. The highest BCUT2D eigenvalue weighted by Crippen LogP contribution is 2.29. The third kappa shape index (κ3) is 5.96. The van der Waals surface area contributed by atoms with Crippen molar-refractivity contribution in [2.24, 2.45) is 0 Å². The lowest BCUT2D eigenvalue weighted by atomic mass is 10.2. The van der Waals surface area contributed by atoms with Gasteiger partial charge in [-0.3, -0.25) is 14.6 Å². The molecule has 0 aliphatic carbocycles. The van der Waals surface area contributed by atoms with Crippen LogP contribution in [0.1, 0.15) is 18.9 Å². The van der Waals surface area contributed by atoms with Crippen LogP contribution in [0.25, 0.3) is 0 Å². The first-order valence-corrected chi connectivity index (χ1v) is 9.04. The molecule has 7 heteroatoms. The molecule has 0 bridgehead atoms. The minimum Gasteiger partial charge on any atom is -0.495 e. The zero-order valence-corrected chi connectivity index (χ0v) is 16.6. The average Bonchev–Trinajstić information content (AvgIpc) is 2.66. The van der Waals surface area contributed by atoms with Crippen LogP contribution in [0.4, 0.5) is 5.69 Å². The van der Waals surface area contributed by atoms with E-state index < -0.39 is 0 Å². The van der Waals surface area contributed by atoms with Crippen molar-refractivity contribution in [2.75, 3.05) is 32.1 Å². The van der Waals surface area contributed by atoms with E-state index in [0.29, 0.717) is 23.0 Å². The molecule has 0 aliphatic rings. The summed E-state index contributed by atoms with van der Waals surface area (Å²) in [6.07, 6.45) is 4.47. The fourth-order valence-corrected chi connectivity index (χ4v) is 2.91.